The lowest BCUT2D eigenvalue weighted by molar-refractivity contribution is -0.125. The third kappa shape index (κ3) is 4.22. The first-order valence-electron chi connectivity index (χ1n) is 5.64. The van der Waals surface area contributed by atoms with Gasteiger partial charge in [-0.15, -0.1) is 0 Å². The Kier molecular flexibility index (Phi) is 3.98. The summed E-state index contributed by atoms with van der Waals surface area (Å²) < 4.78 is 5.18. The number of ether oxygens (including phenoxy) is 1. The summed E-state index contributed by atoms with van der Waals surface area (Å²) in [6.45, 7) is 5.67. The molecule has 1 saturated heterocycles. The maximum atomic E-state index is 11.8. The van der Waals surface area contributed by atoms with Gasteiger partial charge in [-0.2, -0.15) is 0 Å². The van der Waals surface area contributed by atoms with E-state index in [4.69, 9.17) is 10.5 Å². The van der Waals surface area contributed by atoms with E-state index in [0.717, 1.165) is 0 Å². The number of primary amides is 1. The van der Waals surface area contributed by atoms with Crippen LogP contribution in [0.2, 0.25) is 0 Å². The number of likely N-dealkylation sites (tertiary alicyclic amines) is 1. The number of rotatable bonds is 1. The maximum absolute atomic E-state index is 11.8. The van der Waals surface area contributed by atoms with Gasteiger partial charge in [-0.05, 0) is 27.2 Å². The first-order valence-corrected chi connectivity index (χ1v) is 5.64. The molecule has 1 rings (SSSR count). The highest BCUT2D eigenvalue weighted by molar-refractivity contribution is 5.78. The summed E-state index contributed by atoms with van der Waals surface area (Å²) in [5, 5.41) is 9.59. The van der Waals surface area contributed by atoms with Gasteiger partial charge in [-0.3, -0.25) is 4.79 Å². The minimum absolute atomic E-state index is 0.179. The van der Waals surface area contributed by atoms with Crippen LogP contribution in [0, 0.1) is 5.92 Å². The average Bonchev–Trinajstić information content (AvgIpc) is 2.13. The highest BCUT2D eigenvalue weighted by atomic mass is 16.6. The molecule has 0 aromatic rings. The van der Waals surface area contributed by atoms with E-state index in [9.17, 15) is 14.7 Å². The lowest BCUT2D eigenvalue weighted by Crippen LogP contribution is -2.50. The van der Waals surface area contributed by atoms with Crippen molar-refractivity contribution < 1.29 is 19.4 Å². The van der Waals surface area contributed by atoms with Crippen LogP contribution in [0.3, 0.4) is 0 Å². The predicted octanol–water partition coefficient (Wildman–Crippen LogP) is 0.0896. The third-order valence-corrected chi connectivity index (χ3v) is 2.48. The monoisotopic (exact) mass is 244 g/mol. The molecule has 6 nitrogen and oxygen atoms in total. The molecule has 3 N–H and O–H groups in total. The van der Waals surface area contributed by atoms with Crippen LogP contribution in [0.5, 0.6) is 0 Å². The van der Waals surface area contributed by atoms with Crippen LogP contribution in [0.1, 0.15) is 27.2 Å². The highest BCUT2D eigenvalue weighted by Gasteiger charge is 2.33. The Hall–Kier alpha value is -1.30. The number of hydrogen-bond acceptors (Lipinski definition) is 4. The number of carbonyl (C=O) groups is 2. The fourth-order valence-electron chi connectivity index (χ4n) is 1.75. The Morgan fingerprint density at radius 1 is 1.35 bits per heavy atom. The molecule has 2 amide bonds. The standard InChI is InChI=1S/C11H20N2O4/c1-11(2,3)17-10(16)13-5-7(9(12)15)4-8(14)6-13/h7-8,14H,4-6H2,1-3H3,(H2,12,15)/t7-,8-/m0/s1. The molecule has 0 unspecified atom stereocenters. The molecule has 1 heterocycles. The van der Waals surface area contributed by atoms with E-state index >= 15 is 0 Å². The number of nitrogens with two attached hydrogens (primary N) is 1. The zero-order valence-corrected chi connectivity index (χ0v) is 10.5. The van der Waals surface area contributed by atoms with E-state index in [2.05, 4.69) is 0 Å². The van der Waals surface area contributed by atoms with Crippen LogP contribution in [0.25, 0.3) is 0 Å². The molecule has 0 aromatic heterocycles. The van der Waals surface area contributed by atoms with Crippen LogP contribution in [0.4, 0.5) is 4.79 Å². The Morgan fingerprint density at radius 2 is 1.94 bits per heavy atom. The molecule has 0 saturated carbocycles. The van der Waals surface area contributed by atoms with E-state index in [1.807, 2.05) is 0 Å². The average molecular weight is 244 g/mol. The van der Waals surface area contributed by atoms with Gasteiger partial charge < -0.3 is 20.5 Å². The topological polar surface area (TPSA) is 92.9 Å². The zero-order chi connectivity index (χ0) is 13.2. The summed E-state index contributed by atoms with van der Waals surface area (Å²) in [6.07, 6.45) is -0.953. The van der Waals surface area contributed by atoms with Gasteiger partial charge in [0.2, 0.25) is 5.91 Å². The SMILES string of the molecule is CC(C)(C)OC(=O)N1C[C@@H](O)C[C@H](C(N)=O)C1. The molecule has 2 atom stereocenters. The number of aliphatic hydroxyl groups excluding tert-OH is 1. The van der Waals surface area contributed by atoms with Gasteiger partial charge in [-0.25, -0.2) is 4.79 Å². The summed E-state index contributed by atoms with van der Waals surface area (Å²) in [5.41, 5.74) is 4.59. The smallest absolute Gasteiger partial charge is 0.410 e. The molecule has 0 bridgehead atoms. The third-order valence-electron chi connectivity index (χ3n) is 2.48. The number of amides is 2. The summed E-state index contributed by atoms with van der Waals surface area (Å²) in [6, 6.07) is 0. The largest absolute Gasteiger partial charge is 0.444 e. The summed E-state index contributed by atoms with van der Waals surface area (Å²) in [5.74, 6) is -1.01. The molecule has 0 aliphatic carbocycles. The van der Waals surface area contributed by atoms with Crippen molar-refractivity contribution in [1.29, 1.82) is 0 Å². The summed E-state index contributed by atoms with van der Waals surface area (Å²) in [7, 11) is 0. The van der Waals surface area contributed by atoms with Crippen LogP contribution < -0.4 is 5.73 Å². The number of piperidine rings is 1. The van der Waals surface area contributed by atoms with Gasteiger partial charge in [0, 0.05) is 13.1 Å². The lowest BCUT2D eigenvalue weighted by Gasteiger charge is -2.35. The molecular weight excluding hydrogens is 224 g/mol. The van der Waals surface area contributed by atoms with Crippen molar-refractivity contribution in [3.63, 3.8) is 0 Å². The molecule has 1 aliphatic heterocycles. The Balaban J connectivity index is 2.64. The van der Waals surface area contributed by atoms with E-state index in [1.165, 1.54) is 4.90 Å². The quantitative estimate of drug-likeness (QED) is 0.683. The van der Waals surface area contributed by atoms with Gasteiger partial charge in [0.05, 0.1) is 12.0 Å². The van der Waals surface area contributed by atoms with E-state index < -0.39 is 29.6 Å². The zero-order valence-electron chi connectivity index (χ0n) is 10.5. The van der Waals surface area contributed by atoms with Crippen molar-refractivity contribution in [3.8, 4) is 0 Å². The highest BCUT2D eigenvalue weighted by Crippen LogP contribution is 2.19. The summed E-state index contributed by atoms with van der Waals surface area (Å²) in [4.78, 5) is 24.2. The normalized spacial score (nSPS) is 25.5. The molecule has 6 heteroatoms. The van der Waals surface area contributed by atoms with E-state index in [1.54, 1.807) is 20.8 Å². The number of nitrogens with zero attached hydrogens (tertiary/aromatic N) is 1. The van der Waals surface area contributed by atoms with Crippen molar-refractivity contribution in [2.45, 2.75) is 38.9 Å². The fourth-order valence-corrected chi connectivity index (χ4v) is 1.75. The number of hydrogen-bond donors (Lipinski definition) is 2. The first kappa shape index (κ1) is 13.8. The van der Waals surface area contributed by atoms with Crippen LogP contribution in [-0.4, -0.2) is 46.8 Å². The lowest BCUT2D eigenvalue weighted by atomic mass is 9.96. The Labute approximate surface area is 101 Å². The van der Waals surface area contributed by atoms with Crippen LogP contribution in [-0.2, 0) is 9.53 Å². The number of aliphatic hydroxyl groups is 1. The molecule has 0 spiro atoms. The van der Waals surface area contributed by atoms with Gasteiger partial charge in [0.15, 0.2) is 0 Å². The van der Waals surface area contributed by atoms with Gasteiger partial charge >= 0.3 is 6.09 Å². The van der Waals surface area contributed by atoms with Gasteiger partial charge in [0.25, 0.3) is 0 Å². The number of β-amino-alcohol motifs (C(OH)–C–C–N with tert-alkyl or cyclic N) is 1. The first-order chi connectivity index (χ1) is 7.69. The Bertz CT molecular complexity index is 311. The number of carbonyl (C=O) groups excluding carboxylic acids is 2. The minimum atomic E-state index is -0.728. The predicted molar refractivity (Wildman–Crippen MR) is 61.1 cm³/mol. The minimum Gasteiger partial charge on any atom is -0.444 e. The molecule has 17 heavy (non-hydrogen) atoms. The van der Waals surface area contributed by atoms with Crippen molar-refractivity contribution in [3.05, 3.63) is 0 Å². The summed E-state index contributed by atoms with van der Waals surface area (Å²) >= 11 is 0. The van der Waals surface area contributed by atoms with Crippen molar-refractivity contribution in [2.75, 3.05) is 13.1 Å². The van der Waals surface area contributed by atoms with Gasteiger partial charge in [-0.1, -0.05) is 0 Å². The van der Waals surface area contributed by atoms with Crippen LogP contribution in [0.15, 0.2) is 0 Å². The second-order valence-electron chi connectivity index (χ2n) is 5.37. The van der Waals surface area contributed by atoms with E-state index in [-0.39, 0.29) is 13.1 Å². The molecular formula is C11H20N2O4. The van der Waals surface area contributed by atoms with Gasteiger partial charge in [0.1, 0.15) is 5.60 Å². The van der Waals surface area contributed by atoms with E-state index in [0.29, 0.717) is 6.42 Å². The Morgan fingerprint density at radius 3 is 2.41 bits per heavy atom. The fraction of sp³-hybridized carbons (Fsp3) is 0.818. The van der Waals surface area contributed by atoms with Crippen molar-refractivity contribution in [1.82, 2.24) is 4.90 Å². The van der Waals surface area contributed by atoms with Crippen molar-refractivity contribution >= 4 is 12.0 Å². The molecule has 0 aromatic carbocycles. The van der Waals surface area contributed by atoms with Crippen LogP contribution >= 0.6 is 0 Å². The molecule has 98 valence electrons. The molecule has 1 aliphatic rings. The molecule has 1 fully saturated rings. The maximum Gasteiger partial charge on any atom is 0.410 e. The second kappa shape index (κ2) is 4.91. The van der Waals surface area contributed by atoms with Crippen molar-refractivity contribution in [2.24, 2.45) is 11.7 Å². The second-order valence-corrected chi connectivity index (χ2v) is 5.37. The molecule has 0 radical (unpaired) electrons.